The second kappa shape index (κ2) is 22.7. The second-order valence-electron chi connectivity index (χ2n) is 17.6. The van der Waals surface area contributed by atoms with Crippen molar-refractivity contribution in [1.29, 1.82) is 0 Å². The molecule has 0 spiro atoms. The zero-order valence-corrected chi connectivity index (χ0v) is 37.2. The van der Waals surface area contributed by atoms with E-state index in [9.17, 15) is 28.8 Å². The number of carbonyl (C=O) groups is 6. The van der Waals surface area contributed by atoms with E-state index in [1.807, 2.05) is 66.7 Å². The fourth-order valence-electron chi connectivity index (χ4n) is 6.09. The Kier molecular flexibility index (Phi) is 18.4. The number of carbonyl (C=O) groups excluding carboxylic acids is 6. The summed E-state index contributed by atoms with van der Waals surface area (Å²) in [4.78, 5) is 78.9. The highest BCUT2D eigenvalue weighted by molar-refractivity contribution is 5.91. The van der Waals surface area contributed by atoms with Gasteiger partial charge in [-0.3, -0.25) is 9.59 Å². The molecular weight excluding hydrogens is 785 g/mol. The largest absolute Gasteiger partial charge is 0.496 e. The first kappa shape index (κ1) is 49.5. The lowest BCUT2D eigenvalue weighted by atomic mass is 9.99. The van der Waals surface area contributed by atoms with Crippen molar-refractivity contribution in [2.45, 2.75) is 142 Å². The Hall–Kier alpha value is -5.86. The van der Waals surface area contributed by atoms with Crippen LogP contribution in [0.4, 0.5) is 9.59 Å². The van der Waals surface area contributed by atoms with Crippen LogP contribution in [0.25, 0.3) is 10.8 Å². The summed E-state index contributed by atoms with van der Waals surface area (Å²) in [5.41, 5.74) is -1.00. The van der Waals surface area contributed by atoms with Gasteiger partial charge in [0.2, 0.25) is 5.91 Å². The van der Waals surface area contributed by atoms with Crippen LogP contribution in [0.2, 0.25) is 0 Å². The monoisotopic (exact) mass is 848 g/mol. The second-order valence-corrected chi connectivity index (χ2v) is 17.6. The summed E-state index contributed by atoms with van der Waals surface area (Å²) in [6.45, 7) is 15.5. The first-order chi connectivity index (χ1) is 28.5. The molecule has 0 fully saturated rings. The van der Waals surface area contributed by atoms with Crippen molar-refractivity contribution in [2.75, 3.05) is 13.7 Å². The van der Waals surface area contributed by atoms with E-state index >= 15 is 0 Å². The Balaban J connectivity index is 1.69. The number of amides is 4. The van der Waals surface area contributed by atoms with E-state index in [-0.39, 0.29) is 38.8 Å². The zero-order chi connectivity index (χ0) is 45.4. The van der Waals surface area contributed by atoms with Gasteiger partial charge in [0.1, 0.15) is 47.3 Å². The molecule has 0 aliphatic rings. The Morgan fingerprint density at radius 2 is 1.20 bits per heavy atom. The third-order valence-electron chi connectivity index (χ3n) is 8.68. The van der Waals surface area contributed by atoms with Crippen LogP contribution in [0.1, 0.15) is 106 Å². The molecule has 3 atom stereocenters. The van der Waals surface area contributed by atoms with Crippen molar-refractivity contribution in [3.05, 3.63) is 77.9 Å². The van der Waals surface area contributed by atoms with Crippen molar-refractivity contribution in [3.63, 3.8) is 0 Å². The number of nitrogens with one attached hydrogen (secondary N) is 4. The molecule has 4 N–H and O–H groups in total. The number of benzene rings is 3. The summed E-state index contributed by atoms with van der Waals surface area (Å²) in [5.74, 6) is -1.89. The molecule has 0 aliphatic heterocycles. The first-order valence-corrected chi connectivity index (χ1v) is 20.6. The number of methoxy groups -OCH3 is 1. The van der Waals surface area contributed by atoms with Crippen molar-refractivity contribution >= 4 is 46.7 Å². The Bertz CT molecular complexity index is 1950. The molecule has 334 valence electrons. The van der Waals surface area contributed by atoms with E-state index in [2.05, 4.69) is 21.3 Å². The van der Waals surface area contributed by atoms with Gasteiger partial charge in [0.25, 0.3) is 0 Å². The third-order valence-corrected chi connectivity index (χ3v) is 8.68. The average Bonchev–Trinajstić information content (AvgIpc) is 3.16. The minimum absolute atomic E-state index is 0.0128. The van der Waals surface area contributed by atoms with E-state index in [1.165, 1.54) is 0 Å². The van der Waals surface area contributed by atoms with Gasteiger partial charge in [-0.15, -0.1) is 0 Å². The van der Waals surface area contributed by atoms with Gasteiger partial charge in [-0.2, -0.15) is 0 Å². The predicted molar refractivity (Wildman–Crippen MR) is 231 cm³/mol. The first-order valence-electron chi connectivity index (χ1n) is 20.6. The quantitative estimate of drug-likeness (QED) is 0.0562. The number of esters is 3. The van der Waals surface area contributed by atoms with E-state index in [1.54, 1.807) is 69.4 Å². The smallest absolute Gasteiger partial charge is 0.408 e. The summed E-state index contributed by atoms with van der Waals surface area (Å²) < 4.78 is 27.7. The summed E-state index contributed by atoms with van der Waals surface area (Å²) in [6.07, 6.45) is -0.0980. The molecule has 3 aromatic rings. The fraction of sp³-hybridized carbons (Fsp3) is 0.522. The highest BCUT2D eigenvalue weighted by atomic mass is 16.6. The van der Waals surface area contributed by atoms with Crippen LogP contribution >= 0.6 is 0 Å². The molecule has 0 saturated heterocycles. The summed E-state index contributed by atoms with van der Waals surface area (Å²) in [6, 6.07) is 16.4. The third kappa shape index (κ3) is 18.5. The van der Waals surface area contributed by atoms with Crippen molar-refractivity contribution in [3.8, 4) is 5.75 Å². The number of rotatable bonds is 19. The van der Waals surface area contributed by atoms with Crippen LogP contribution in [0.5, 0.6) is 5.75 Å². The molecule has 0 aliphatic carbocycles. The highest BCUT2D eigenvalue weighted by Gasteiger charge is 2.32. The SMILES string of the molecule is COc1c(C[C@@H](NC(=O)OCc2ccccc2)C(=O)NCCCC[C@H](NC(=O)N[C@@H](CCC(=O)OC(C)(C)C)C(=O)OC(C)(C)C)C(=O)OC(C)(C)C)ccc2ccccc12. The van der Waals surface area contributed by atoms with Gasteiger partial charge in [0.05, 0.1) is 7.11 Å². The molecule has 0 radical (unpaired) electrons. The number of urea groups is 1. The van der Waals surface area contributed by atoms with Crippen molar-refractivity contribution in [2.24, 2.45) is 0 Å². The molecule has 0 aromatic heterocycles. The number of hydrogen-bond acceptors (Lipinski definition) is 11. The number of unbranched alkanes of at least 4 members (excludes halogenated alkanes) is 1. The van der Waals surface area contributed by atoms with Gasteiger partial charge in [-0.25, -0.2) is 19.2 Å². The fourth-order valence-corrected chi connectivity index (χ4v) is 6.09. The molecule has 4 amide bonds. The average molecular weight is 849 g/mol. The number of alkyl carbamates (subject to hydrolysis) is 1. The molecular formula is C46H64N4O11. The standard InChI is InChI=1S/C46H64N4O11/c1-44(2,3)59-37(51)26-25-35(41(54)61-46(7,8)9)49-42(55)48-34(40(53)60-45(4,5)6)22-16-17-27-47-39(52)36(50-43(56)58-29-30-18-12-11-13-19-30)28-32-24-23-31-20-14-15-21-33(31)38(32)57-10/h11-15,18-21,23-24,34-36H,16-17,22,25-29H2,1-10H3,(H,47,52)(H,50,56)(H2,48,49,55)/t34-,35-,36+/m0/s1. The minimum Gasteiger partial charge on any atom is -0.496 e. The zero-order valence-electron chi connectivity index (χ0n) is 37.2. The molecule has 3 aromatic carbocycles. The van der Waals surface area contributed by atoms with Crippen LogP contribution in [0.3, 0.4) is 0 Å². The van der Waals surface area contributed by atoms with Crippen molar-refractivity contribution < 1.29 is 52.5 Å². The normalized spacial score (nSPS) is 13.1. The highest BCUT2D eigenvalue weighted by Crippen LogP contribution is 2.30. The lowest BCUT2D eigenvalue weighted by Crippen LogP contribution is -2.53. The van der Waals surface area contributed by atoms with Gasteiger partial charge in [-0.05, 0) is 105 Å². The molecule has 0 heterocycles. The Morgan fingerprint density at radius 3 is 1.79 bits per heavy atom. The molecule has 0 saturated carbocycles. The maximum absolute atomic E-state index is 13.7. The minimum atomic E-state index is -1.23. The number of ether oxygens (including phenoxy) is 5. The van der Waals surface area contributed by atoms with E-state index in [0.717, 1.165) is 16.3 Å². The van der Waals surface area contributed by atoms with E-state index in [4.69, 9.17) is 23.7 Å². The Morgan fingerprint density at radius 1 is 0.623 bits per heavy atom. The molecule has 0 unspecified atom stereocenters. The van der Waals surface area contributed by atoms with E-state index in [0.29, 0.717) is 24.2 Å². The summed E-state index contributed by atoms with van der Waals surface area (Å²) in [5, 5.41) is 12.6. The number of fused-ring (bicyclic) bond motifs is 1. The van der Waals surface area contributed by atoms with Crippen LogP contribution in [-0.4, -0.2) is 84.5 Å². The van der Waals surface area contributed by atoms with Crippen LogP contribution in [0, 0.1) is 0 Å². The van der Waals surface area contributed by atoms with Crippen LogP contribution in [-0.2, 0) is 51.2 Å². The lowest BCUT2D eigenvalue weighted by molar-refractivity contribution is -0.159. The molecule has 15 nitrogen and oxygen atoms in total. The predicted octanol–water partition coefficient (Wildman–Crippen LogP) is 6.81. The lowest BCUT2D eigenvalue weighted by Gasteiger charge is -2.27. The maximum Gasteiger partial charge on any atom is 0.408 e. The summed E-state index contributed by atoms with van der Waals surface area (Å²) >= 11 is 0. The van der Waals surface area contributed by atoms with Gasteiger partial charge >= 0.3 is 30.0 Å². The van der Waals surface area contributed by atoms with Gasteiger partial charge < -0.3 is 45.0 Å². The Labute approximate surface area is 359 Å². The molecule has 61 heavy (non-hydrogen) atoms. The van der Waals surface area contributed by atoms with Gasteiger partial charge in [-0.1, -0.05) is 66.7 Å². The summed E-state index contributed by atoms with van der Waals surface area (Å²) in [7, 11) is 1.55. The molecule has 15 heteroatoms. The molecule has 3 rings (SSSR count). The topological polar surface area (TPSA) is 197 Å². The van der Waals surface area contributed by atoms with Crippen molar-refractivity contribution in [1.82, 2.24) is 21.3 Å². The van der Waals surface area contributed by atoms with Crippen LogP contribution < -0.4 is 26.0 Å². The molecule has 0 bridgehead atoms. The van der Waals surface area contributed by atoms with Gasteiger partial charge in [0.15, 0.2) is 0 Å². The maximum atomic E-state index is 13.7. The van der Waals surface area contributed by atoms with E-state index < -0.39 is 70.9 Å². The van der Waals surface area contributed by atoms with Gasteiger partial charge in [0, 0.05) is 24.8 Å². The number of hydrogen-bond donors (Lipinski definition) is 4. The van der Waals surface area contributed by atoms with Crippen LogP contribution in [0.15, 0.2) is 66.7 Å².